The Labute approximate surface area is 239 Å². The number of phenols is 1. The molecule has 0 bridgehead atoms. The minimum Gasteiger partial charge on any atom is -0.508 e. The number of benzene rings is 3. The molecule has 2 nitrogen and oxygen atoms in total. The quantitative estimate of drug-likeness (QED) is 0.313. The van der Waals surface area contributed by atoms with Crippen LogP contribution in [0.25, 0.3) is 22.8 Å². The van der Waals surface area contributed by atoms with Crippen molar-refractivity contribution < 1.29 is 5.11 Å². The standard InChI is InChI=1S/C38H37NO/c1-8-11-12-25(4)31(9-2)37(29-15-17-30(40)18-16-29)32(10-3)26(5)21-27-13-19-33-34-20-14-28(24-39)23-36(34)38(6,7)35(33)22-27/h8-23,40H,3H2,1-2,4-7H3/b11-8-,25-12-,26-21+,31-9-,37-32-. The molecule has 4 rings (SSSR count). The van der Waals surface area contributed by atoms with Crippen LogP contribution in [0.1, 0.15) is 69.4 Å². The van der Waals surface area contributed by atoms with E-state index in [1.54, 1.807) is 12.1 Å². The van der Waals surface area contributed by atoms with Crippen molar-refractivity contribution in [3.63, 3.8) is 0 Å². The minimum absolute atomic E-state index is 0.198. The summed E-state index contributed by atoms with van der Waals surface area (Å²) in [7, 11) is 0. The van der Waals surface area contributed by atoms with Gasteiger partial charge >= 0.3 is 0 Å². The summed E-state index contributed by atoms with van der Waals surface area (Å²) in [5.74, 6) is 0.238. The van der Waals surface area contributed by atoms with Gasteiger partial charge in [-0.05, 0) is 113 Å². The number of nitrogens with zero attached hydrogens (tertiary/aromatic N) is 1. The largest absolute Gasteiger partial charge is 0.508 e. The highest BCUT2D eigenvalue weighted by Gasteiger charge is 2.35. The van der Waals surface area contributed by atoms with Crippen LogP contribution in [0.5, 0.6) is 5.75 Å². The van der Waals surface area contributed by atoms with Crippen LogP contribution in [0.2, 0.25) is 0 Å². The van der Waals surface area contributed by atoms with Crippen LogP contribution in [-0.4, -0.2) is 5.11 Å². The van der Waals surface area contributed by atoms with Gasteiger partial charge in [-0.1, -0.05) is 93.3 Å². The first-order chi connectivity index (χ1) is 19.2. The number of allylic oxidation sites excluding steroid dienone is 10. The normalized spacial score (nSPS) is 15.4. The number of hydrogen-bond donors (Lipinski definition) is 1. The van der Waals surface area contributed by atoms with Gasteiger partial charge in [-0.15, -0.1) is 0 Å². The lowest BCUT2D eigenvalue weighted by Gasteiger charge is -2.22. The molecule has 0 spiro atoms. The first-order valence-electron chi connectivity index (χ1n) is 13.7. The highest BCUT2D eigenvalue weighted by atomic mass is 16.3. The van der Waals surface area contributed by atoms with E-state index in [0.717, 1.165) is 39.0 Å². The summed E-state index contributed by atoms with van der Waals surface area (Å²) in [5.41, 5.74) is 13.0. The van der Waals surface area contributed by atoms with Crippen LogP contribution in [0.3, 0.4) is 0 Å². The third-order valence-corrected chi connectivity index (χ3v) is 7.79. The van der Waals surface area contributed by atoms with Crippen molar-refractivity contribution >= 4 is 11.6 Å². The fourth-order valence-electron chi connectivity index (χ4n) is 5.69. The van der Waals surface area contributed by atoms with Crippen molar-refractivity contribution in [2.75, 3.05) is 0 Å². The van der Waals surface area contributed by atoms with Crippen LogP contribution in [0.15, 0.2) is 120 Å². The van der Waals surface area contributed by atoms with Crippen LogP contribution in [0.4, 0.5) is 0 Å². The molecule has 0 fully saturated rings. The van der Waals surface area contributed by atoms with Gasteiger partial charge in [0.05, 0.1) is 11.6 Å². The Balaban J connectivity index is 1.88. The predicted molar refractivity (Wildman–Crippen MR) is 170 cm³/mol. The van der Waals surface area contributed by atoms with Crippen molar-refractivity contribution in [1.29, 1.82) is 5.26 Å². The molecule has 0 heterocycles. The third-order valence-electron chi connectivity index (χ3n) is 7.79. The molecule has 0 radical (unpaired) electrons. The topological polar surface area (TPSA) is 44.0 Å². The first kappa shape index (κ1) is 28.4. The Morgan fingerprint density at radius 2 is 1.55 bits per heavy atom. The van der Waals surface area contributed by atoms with Gasteiger partial charge in [0.1, 0.15) is 5.75 Å². The molecule has 1 aliphatic carbocycles. The zero-order valence-electron chi connectivity index (χ0n) is 24.3. The van der Waals surface area contributed by atoms with E-state index in [1.165, 1.54) is 22.3 Å². The lowest BCUT2D eigenvalue weighted by atomic mass is 9.81. The van der Waals surface area contributed by atoms with E-state index >= 15 is 0 Å². The second kappa shape index (κ2) is 11.6. The number of fused-ring (bicyclic) bond motifs is 3. The molecule has 0 aliphatic heterocycles. The third kappa shape index (κ3) is 5.29. The van der Waals surface area contributed by atoms with Gasteiger partial charge < -0.3 is 5.11 Å². The molecule has 0 unspecified atom stereocenters. The van der Waals surface area contributed by atoms with Gasteiger partial charge in [-0.3, -0.25) is 0 Å². The van der Waals surface area contributed by atoms with Crippen molar-refractivity contribution in [2.24, 2.45) is 0 Å². The SMILES string of the molecule is C=CC(=C(C(=C\C)/C(C)=C\C=C/C)\c1ccc(O)cc1)/C(C)=C/c1ccc2c(c1)C(C)(C)c1cc(C#N)ccc1-2. The van der Waals surface area contributed by atoms with Crippen LogP contribution >= 0.6 is 0 Å². The number of rotatable bonds is 7. The molecule has 3 aromatic rings. The highest BCUT2D eigenvalue weighted by molar-refractivity contribution is 5.90. The molecule has 3 aromatic carbocycles. The van der Waals surface area contributed by atoms with Crippen LogP contribution < -0.4 is 0 Å². The van der Waals surface area contributed by atoms with Gasteiger partial charge in [-0.25, -0.2) is 0 Å². The maximum absolute atomic E-state index is 9.97. The molecule has 2 heteroatoms. The maximum Gasteiger partial charge on any atom is 0.115 e. The molecule has 0 atom stereocenters. The number of hydrogen-bond acceptors (Lipinski definition) is 2. The molecule has 0 saturated carbocycles. The summed E-state index contributed by atoms with van der Waals surface area (Å²) >= 11 is 0. The molecule has 0 amide bonds. The van der Waals surface area contributed by atoms with Crippen molar-refractivity contribution in [2.45, 2.75) is 47.0 Å². The highest BCUT2D eigenvalue weighted by Crippen LogP contribution is 2.49. The van der Waals surface area contributed by atoms with Gasteiger partial charge in [0.25, 0.3) is 0 Å². The Morgan fingerprint density at radius 1 is 0.900 bits per heavy atom. The van der Waals surface area contributed by atoms with E-state index in [2.05, 4.69) is 89.8 Å². The van der Waals surface area contributed by atoms with Crippen molar-refractivity contribution in [3.05, 3.63) is 148 Å². The molecule has 1 N–H and O–H groups in total. The predicted octanol–water partition coefficient (Wildman–Crippen LogP) is 10.1. The summed E-state index contributed by atoms with van der Waals surface area (Å²) in [6, 6.07) is 22.3. The summed E-state index contributed by atoms with van der Waals surface area (Å²) < 4.78 is 0. The molecular weight excluding hydrogens is 486 g/mol. The maximum atomic E-state index is 9.97. The monoisotopic (exact) mass is 523 g/mol. The Bertz CT molecular complexity index is 1660. The second-order valence-electron chi connectivity index (χ2n) is 10.7. The van der Waals surface area contributed by atoms with E-state index in [-0.39, 0.29) is 11.2 Å². The summed E-state index contributed by atoms with van der Waals surface area (Å²) in [5, 5.41) is 19.4. The average molecular weight is 524 g/mol. The minimum atomic E-state index is -0.198. The Kier molecular flexibility index (Phi) is 8.26. The van der Waals surface area contributed by atoms with Gasteiger partial charge in [0.2, 0.25) is 0 Å². The lowest BCUT2D eigenvalue weighted by molar-refractivity contribution is 0.475. The number of aromatic hydroxyl groups is 1. The van der Waals surface area contributed by atoms with E-state index in [1.807, 2.05) is 49.4 Å². The zero-order chi connectivity index (χ0) is 29.0. The van der Waals surface area contributed by atoms with Crippen molar-refractivity contribution in [3.8, 4) is 22.9 Å². The van der Waals surface area contributed by atoms with Gasteiger partial charge in [0.15, 0.2) is 0 Å². The first-order valence-corrected chi connectivity index (χ1v) is 13.7. The molecule has 0 aromatic heterocycles. The summed E-state index contributed by atoms with van der Waals surface area (Å²) in [6.45, 7) is 17.0. The van der Waals surface area contributed by atoms with Crippen LogP contribution in [0, 0.1) is 11.3 Å². The van der Waals surface area contributed by atoms with E-state index in [4.69, 9.17) is 0 Å². The van der Waals surface area contributed by atoms with Gasteiger partial charge in [0, 0.05) is 5.41 Å². The van der Waals surface area contributed by atoms with E-state index in [0.29, 0.717) is 5.56 Å². The van der Waals surface area contributed by atoms with Crippen LogP contribution in [-0.2, 0) is 5.41 Å². The van der Waals surface area contributed by atoms with E-state index < -0.39 is 0 Å². The van der Waals surface area contributed by atoms with Crippen molar-refractivity contribution in [1.82, 2.24) is 0 Å². The van der Waals surface area contributed by atoms with E-state index in [9.17, 15) is 10.4 Å². The zero-order valence-corrected chi connectivity index (χ0v) is 24.3. The molecule has 1 aliphatic rings. The smallest absolute Gasteiger partial charge is 0.115 e. The molecule has 200 valence electrons. The summed E-state index contributed by atoms with van der Waals surface area (Å²) in [6.07, 6.45) is 12.5. The Hall–Kier alpha value is -4.61. The van der Waals surface area contributed by atoms with Gasteiger partial charge in [-0.2, -0.15) is 5.26 Å². The second-order valence-corrected chi connectivity index (χ2v) is 10.7. The summed E-state index contributed by atoms with van der Waals surface area (Å²) in [4.78, 5) is 0. The average Bonchev–Trinajstić information content (AvgIpc) is 3.17. The molecule has 0 saturated heterocycles. The fraction of sp³-hybridized carbons (Fsp3) is 0.184. The number of phenolic OH excluding ortho intramolecular Hbond substituents is 1. The Morgan fingerprint density at radius 3 is 2.15 bits per heavy atom. The molecule has 40 heavy (non-hydrogen) atoms. The lowest BCUT2D eigenvalue weighted by Crippen LogP contribution is -2.15. The number of nitriles is 1. The molecular formula is C38H37NO. The fourth-order valence-corrected chi connectivity index (χ4v) is 5.69.